The van der Waals surface area contributed by atoms with Gasteiger partial charge >= 0.3 is 0 Å². The van der Waals surface area contributed by atoms with Crippen molar-refractivity contribution in [3.8, 4) is 0 Å². The Labute approximate surface area is 83.6 Å². The summed E-state index contributed by atoms with van der Waals surface area (Å²) in [5.74, 6) is -0.0222. The number of Topliss-reactive ketones (excluding diaryl/α,β-unsaturated/α-hetero) is 1. The molecule has 0 fully saturated rings. The molecule has 4 heteroatoms. The van der Waals surface area contributed by atoms with E-state index in [4.69, 9.17) is 5.73 Å². The Kier molecular flexibility index (Phi) is 2.96. The van der Waals surface area contributed by atoms with Gasteiger partial charge in [0, 0.05) is 24.4 Å². The fourth-order valence-electron chi connectivity index (χ4n) is 1.06. The Hall–Kier alpha value is -1.29. The zero-order valence-electron chi connectivity index (χ0n) is 8.74. The third kappa shape index (κ3) is 2.14. The fraction of sp³-hybridized carbons (Fsp3) is 0.500. The largest absolute Gasteiger partial charge is 0.325 e. The molecule has 0 amide bonds. The second-order valence-electron chi connectivity index (χ2n) is 4.13. The summed E-state index contributed by atoms with van der Waals surface area (Å²) in [4.78, 5) is 19.9. The molecule has 1 aromatic heterocycles. The number of nitrogens with two attached hydrogens (primary N) is 1. The molecule has 1 heterocycles. The van der Waals surface area contributed by atoms with Gasteiger partial charge in [0.05, 0.1) is 5.69 Å². The van der Waals surface area contributed by atoms with Crippen LogP contribution in [0, 0.1) is 5.41 Å². The van der Waals surface area contributed by atoms with E-state index < -0.39 is 5.41 Å². The van der Waals surface area contributed by atoms with Crippen molar-refractivity contribution in [2.75, 3.05) is 0 Å². The number of carbonyl (C=O) groups is 1. The summed E-state index contributed by atoms with van der Waals surface area (Å²) in [5, 5.41) is 0. The van der Waals surface area contributed by atoms with Gasteiger partial charge in [-0.15, -0.1) is 0 Å². The maximum absolute atomic E-state index is 11.9. The van der Waals surface area contributed by atoms with E-state index in [0.717, 1.165) is 0 Å². The lowest BCUT2D eigenvalue weighted by atomic mass is 9.88. The normalized spacial score (nSPS) is 11.4. The lowest BCUT2D eigenvalue weighted by molar-refractivity contribution is 0.0851. The number of nitrogens with zero attached hydrogens (tertiary/aromatic N) is 2. The summed E-state index contributed by atoms with van der Waals surface area (Å²) >= 11 is 0. The standard InChI is InChI=1S/C10H15N3O/c1-10(2,3)9(14)8-7(6-11)12-4-5-13-8/h4-5H,6,11H2,1-3H3. The van der Waals surface area contributed by atoms with E-state index >= 15 is 0 Å². The van der Waals surface area contributed by atoms with Crippen LogP contribution >= 0.6 is 0 Å². The van der Waals surface area contributed by atoms with Gasteiger partial charge in [0.2, 0.25) is 0 Å². The first-order chi connectivity index (χ1) is 6.46. The highest BCUT2D eigenvalue weighted by atomic mass is 16.1. The van der Waals surface area contributed by atoms with E-state index in [1.807, 2.05) is 20.8 Å². The number of hydrogen-bond acceptors (Lipinski definition) is 4. The van der Waals surface area contributed by atoms with Crippen molar-refractivity contribution in [3.63, 3.8) is 0 Å². The lowest BCUT2D eigenvalue weighted by Gasteiger charge is -2.16. The molecule has 0 aliphatic rings. The van der Waals surface area contributed by atoms with Gasteiger partial charge in [0.1, 0.15) is 5.69 Å². The summed E-state index contributed by atoms with van der Waals surface area (Å²) in [6.45, 7) is 5.80. The number of carbonyl (C=O) groups excluding carboxylic acids is 1. The van der Waals surface area contributed by atoms with Gasteiger partial charge in [-0.25, -0.2) is 4.98 Å². The predicted octanol–water partition coefficient (Wildman–Crippen LogP) is 1.16. The summed E-state index contributed by atoms with van der Waals surface area (Å²) in [5.41, 5.74) is 5.99. The molecule has 0 atom stereocenters. The van der Waals surface area contributed by atoms with Crippen molar-refractivity contribution >= 4 is 5.78 Å². The Balaban J connectivity index is 3.13. The summed E-state index contributed by atoms with van der Waals surface area (Å²) < 4.78 is 0. The smallest absolute Gasteiger partial charge is 0.188 e. The second-order valence-corrected chi connectivity index (χ2v) is 4.13. The van der Waals surface area contributed by atoms with Crippen molar-refractivity contribution < 1.29 is 4.79 Å². The minimum absolute atomic E-state index is 0.0222. The zero-order valence-corrected chi connectivity index (χ0v) is 8.74. The number of hydrogen-bond donors (Lipinski definition) is 1. The van der Waals surface area contributed by atoms with Gasteiger partial charge in [-0.1, -0.05) is 20.8 Å². The van der Waals surface area contributed by atoms with Crippen LogP contribution in [0.4, 0.5) is 0 Å². The van der Waals surface area contributed by atoms with Crippen LogP contribution in [0.1, 0.15) is 37.0 Å². The molecule has 1 rings (SSSR count). The molecule has 0 saturated heterocycles. The minimum Gasteiger partial charge on any atom is -0.325 e. The fourth-order valence-corrected chi connectivity index (χ4v) is 1.06. The van der Waals surface area contributed by atoms with Crippen molar-refractivity contribution in [1.29, 1.82) is 0 Å². The van der Waals surface area contributed by atoms with Crippen molar-refractivity contribution in [3.05, 3.63) is 23.8 Å². The SMILES string of the molecule is CC(C)(C)C(=O)c1nccnc1CN. The Morgan fingerprint density at radius 3 is 2.43 bits per heavy atom. The molecular weight excluding hydrogens is 178 g/mol. The lowest BCUT2D eigenvalue weighted by Crippen LogP contribution is -2.24. The summed E-state index contributed by atoms with van der Waals surface area (Å²) in [7, 11) is 0. The minimum atomic E-state index is -0.444. The zero-order chi connectivity index (χ0) is 10.8. The highest BCUT2D eigenvalue weighted by molar-refractivity contribution is 5.98. The molecule has 1 aromatic rings. The molecule has 0 spiro atoms. The Bertz CT molecular complexity index is 341. The van der Waals surface area contributed by atoms with Gasteiger partial charge in [-0.2, -0.15) is 0 Å². The molecule has 0 unspecified atom stereocenters. The predicted molar refractivity (Wildman–Crippen MR) is 53.7 cm³/mol. The molecule has 14 heavy (non-hydrogen) atoms. The van der Waals surface area contributed by atoms with E-state index in [1.54, 1.807) is 6.20 Å². The Morgan fingerprint density at radius 1 is 1.36 bits per heavy atom. The molecule has 76 valence electrons. The average Bonchev–Trinajstić information content (AvgIpc) is 2.15. The van der Waals surface area contributed by atoms with Gasteiger partial charge in [0.25, 0.3) is 0 Å². The summed E-state index contributed by atoms with van der Waals surface area (Å²) in [6.07, 6.45) is 3.06. The number of aromatic nitrogens is 2. The monoisotopic (exact) mass is 193 g/mol. The van der Waals surface area contributed by atoms with Crippen LogP contribution in [-0.4, -0.2) is 15.8 Å². The maximum atomic E-state index is 11.9. The average molecular weight is 193 g/mol. The molecule has 0 bridgehead atoms. The summed E-state index contributed by atoms with van der Waals surface area (Å²) in [6, 6.07) is 0. The van der Waals surface area contributed by atoms with Crippen LogP contribution < -0.4 is 5.73 Å². The van der Waals surface area contributed by atoms with Crippen LogP contribution in [0.2, 0.25) is 0 Å². The van der Waals surface area contributed by atoms with Crippen LogP contribution in [0.5, 0.6) is 0 Å². The maximum Gasteiger partial charge on any atom is 0.188 e. The molecule has 0 radical (unpaired) electrons. The van der Waals surface area contributed by atoms with Crippen LogP contribution in [0.3, 0.4) is 0 Å². The first-order valence-electron chi connectivity index (χ1n) is 4.51. The molecule has 0 aliphatic heterocycles. The quantitative estimate of drug-likeness (QED) is 0.716. The van der Waals surface area contributed by atoms with E-state index in [2.05, 4.69) is 9.97 Å². The van der Waals surface area contributed by atoms with Crippen LogP contribution in [0.25, 0.3) is 0 Å². The van der Waals surface area contributed by atoms with Gasteiger partial charge < -0.3 is 5.73 Å². The second kappa shape index (κ2) is 3.84. The number of rotatable bonds is 2. The Morgan fingerprint density at radius 2 is 1.93 bits per heavy atom. The van der Waals surface area contributed by atoms with Crippen molar-refractivity contribution in [2.45, 2.75) is 27.3 Å². The van der Waals surface area contributed by atoms with E-state index in [9.17, 15) is 4.79 Å². The van der Waals surface area contributed by atoms with Crippen molar-refractivity contribution in [2.24, 2.45) is 11.1 Å². The molecular formula is C10H15N3O. The first-order valence-corrected chi connectivity index (χ1v) is 4.51. The van der Waals surface area contributed by atoms with E-state index in [-0.39, 0.29) is 12.3 Å². The molecule has 0 aromatic carbocycles. The highest BCUT2D eigenvalue weighted by Crippen LogP contribution is 2.20. The molecule has 4 nitrogen and oxygen atoms in total. The first kappa shape index (κ1) is 10.8. The topological polar surface area (TPSA) is 68.9 Å². The molecule has 2 N–H and O–H groups in total. The number of ketones is 1. The van der Waals surface area contributed by atoms with E-state index in [0.29, 0.717) is 11.4 Å². The third-order valence-corrected chi connectivity index (χ3v) is 1.86. The highest BCUT2D eigenvalue weighted by Gasteiger charge is 2.26. The van der Waals surface area contributed by atoms with E-state index in [1.165, 1.54) is 6.20 Å². The van der Waals surface area contributed by atoms with Gasteiger partial charge in [-0.3, -0.25) is 9.78 Å². The van der Waals surface area contributed by atoms with Gasteiger partial charge in [0.15, 0.2) is 5.78 Å². The molecule has 0 aliphatic carbocycles. The van der Waals surface area contributed by atoms with Gasteiger partial charge in [-0.05, 0) is 0 Å². The third-order valence-electron chi connectivity index (χ3n) is 1.86. The van der Waals surface area contributed by atoms with Crippen LogP contribution in [-0.2, 0) is 6.54 Å². The van der Waals surface area contributed by atoms with Crippen molar-refractivity contribution in [1.82, 2.24) is 9.97 Å². The molecule has 0 saturated carbocycles. The van der Waals surface area contributed by atoms with Crippen LogP contribution in [0.15, 0.2) is 12.4 Å².